The number of amides is 4. The number of rotatable bonds is 1. The summed E-state index contributed by atoms with van der Waals surface area (Å²) < 4.78 is 0. The van der Waals surface area contributed by atoms with Gasteiger partial charge < -0.3 is 0 Å². The van der Waals surface area contributed by atoms with E-state index in [4.69, 9.17) is 0 Å². The molecule has 1 spiro atoms. The zero-order valence-electron chi connectivity index (χ0n) is 8.13. The summed E-state index contributed by atoms with van der Waals surface area (Å²) in [5.74, 6) is 0. The molecule has 2 aliphatic rings. The van der Waals surface area contributed by atoms with Crippen molar-refractivity contribution in [1.82, 2.24) is 9.80 Å². The number of hydrogen-bond donors (Lipinski definition) is 0. The molecule has 0 saturated carbocycles. The summed E-state index contributed by atoms with van der Waals surface area (Å²) in [5, 5.41) is 0. The van der Waals surface area contributed by atoms with Crippen LogP contribution in [-0.2, 0) is 18.6 Å². The first-order valence-electron chi connectivity index (χ1n) is 4.08. The summed E-state index contributed by atoms with van der Waals surface area (Å²) in [6.45, 7) is 1.85. The number of imide groups is 2. The second-order valence-electron chi connectivity index (χ2n) is 3.10. The Balaban J connectivity index is 0.00000112. The van der Waals surface area contributed by atoms with Gasteiger partial charge in [-0.15, -0.1) is 0 Å². The molecule has 0 unspecified atom stereocenters. The van der Waals surface area contributed by atoms with Crippen molar-refractivity contribution in [2.45, 2.75) is 6.92 Å². The predicted molar refractivity (Wildman–Crippen MR) is 48.6 cm³/mol. The fraction of sp³-hybridized carbons (Fsp3) is 0.429. The molecule has 1 radical (unpaired) electrons. The molecule has 2 aliphatic heterocycles. The minimum Gasteiger partial charge on any atom is -0.224 e. The molecule has 2 fully saturated rings. The van der Waals surface area contributed by atoms with Crippen LogP contribution in [0, 0.1) is 0 Å². The summed E-state index contributed by atoms with van der Waals surface area (Å²) in [6.07, 6.45) is 0. The van der Waals surface area contributed by atoms with Gasteiger partial charge >= 0.3 is 29.9 Å². The van der Waals surface area contributed by atoms with Crippen LogP contribution in [0.2, 0.25) is 0 Å². The molecule has 79 valence electrons. The van der Waals surface area contributed by atoms with E-state index in [1.54, 1.807) is 6.92 Å². The number of carbonyl (C=O) groups is 4. The Morgan fingerprint density at radius 2 is 1.40 bits per heavy atom. The SMILES string of the molecule is CCN1C(=O)[P+]2(C(=O)N(C)C2=O)C1=O.[V]. The Bertz CT molecular complexity index is 362. The van der Waals surface area contributed by atoms with Gasteiger partial charge in [-0.1, -0.05) is 0 Å². The fourth-order valence-corrected chi connectivity index (χ4v) is 4.61. The molecule has 0 aromatic heterocycles. The second kappa shape index (κ2) is 3.40. The summed E-state index contributed by atoms with van der Waals surface area (Å²) in [4.78, 5) is 47.4. The van der Waals surface area contributed by atoms with Crippen LogP contribution in [-0.4, -0.2) is 46.0 Å². The van der Waals surface area contributed by atoms with E-state index in [0.29, 0.717) is 0 Å². The van der Waals surface area contributed by atoms with Crippen LogP contribution in [0.4, 0.5) is 19.2 Å². The van der Waals surface area contributed by atoms with Crippen molar-refractivity contribution in [2.24, 2.45) is 0 Å². The maximum absolute atomic E-state index is 11.5. The van der Waals surface area contributed by atoms with Crippen LogP contribution >= 0.6 is 7.26 Å². The molecule has 0 aliphatic carbocycles. The molecule has 0 N–H and O–H groups in total. The third kappa shape index (κ3) is 0.995. The monoisotopic (exact) mass is 266 g/mol. The molecule has 2 heterocycles. The Kier molecular flexibility index (Phi) is 2.81. The molecule has 4 amide bonds. The van der Waals surface area contributed by atoms with E-state index in [1.807, 2.05) is 0 Å². The second-order valence-corrected chi connectivity index (χ2v) is 5.98. The number of nitrogens with zero attached hydrogens (tertiary/aromatic N) is 2. The van der Waals surface area contributed by atoms with E-state index in [0.717, 1.165) is 9.80 Å². The number of carbonyl (C=O) groups excluding carboxylic acids is 4. The van der Waals surface area contributed by atoms with Gasteiger partial charge in [0.2, 0.25) is 0 Å². The summed E-state index contributed by atoms with van der Waals surface area (Å²) in [6, 6.07) is 0. The van der Waals surface area contributed by atoms with Crippen LogP contribution in [0.5, 0.6) is 0 Å². The summed E-state index contributed by atoms with van der Waals surface area (Å²) in [5.41, 5.74) is -2.33. The average molecular weight is 266 g/mol. The zero-order chi connectivity index (χ0) is 10.7. The van der Waals surface area contributed by atoms with Crippen LogP contribution in [0.15, 0.2) is 0 Å². The zero-order valence-corrected chi connectivity index (χ0v) is 10.4. The van der Waals surface area contributed by atoms with Gasteiger partial charge in [0, 0.05) is 32.1 Å². The normalized spacial score (nSPS) is 22.5. The van der Waals surface area contributed by atoms with Crippen LogP contribution in [0.1, 0.15) is 6.92 Å². The Morgan fingerprint density at radius 1 is 1.00 bits per heavy atom. The maximum atomic E-state index is 11.5. The molecule has 0 aromatic carbocycles. The van der Waals surface area contributed by atoms with Gasteiger partial charge in [-0.3, -0.25) is 0 Å². The van der Waals surface area contributed by atoms with Crippen molar-refractivity contribution in [3.8, 4) is 0 Å². The van der Waals surface area contributed by atoms with Crippen molar-refractivity contribution < 1.29 is 37.7 Å². The van der Waals surface area contributed by atoms with E-state index in [2.05, 4.69) is 0 Å². The van der Waals surface area contributed by atoms with Crippen molar-refractivity contribution >= 4 is 29.9 Å². The fourth-order valence-electron chi connectivity index (χ4n) is 1.65. The van der Waals surface area contributed by atoms with Crippen molar-refractivity contribution in [1.29, 1.82) is 0 Å². The molecular weight excluding hydrogens is 258 g/mol. The molecule has 8 heteroatoms. The van der Waals surface area contributed by atoms with Crippen molar-refractivity contribution in [2.75, 3.05) is 13.6 Å². The Morgan fingerprint density at radius 3 is 1.73 bits per heavy atom. The molecule has 15 heavy (non-hydrogen) atoms. The number of hydrogen-bond acceptors (Lipinski definition) is 4. The van der Waals surface area contributed by atoms with Gasteiger partial charge in [-0.25, -0.2) is 29.0 Å². The standard InChI is InChI=1S/C7H8N2O4P.V/c1-3-9-6(12)14(7(9)13)4(10)8(2)5(14)11;/h3H2,1-2H3;/q+1;. The van der Waals surface area contributed by atoms with Gasteiger partial charge in [-0.05, 0) is 6.92 Å². The van der Waals surface area contributed by atoms with Crippen LogP contribution in [0.3, 0.4) is 0 Å². The summed E-state index contributed by atoms with van der Waals surface area (Å²) in [7, 11) is -1.96. The third-order valence-electron chi connectivity index (χ3n) is 2.50. The van der Waals surface area contributed by atoms with Crippen molar-refractivity contribution in [3.63, 3.8) is 0 Å². The molecule has 2 rings (SSSR count). The molecule has 6 nitrogen and oxygen atoms in total. The minimum atomic E-state index is -3.24. The van der Waals surface area contributed by atoms with Crippen LogP contribution < -0.4 is 0 Å². The molecule has 2 saturated heterocycles. The Labute approximate surface area is 98.2 Å². The smallest absolute Gasteiger partial charge is 0.224 e. The van der Waals surface area contributed by atoms with Gasteiger partial charge in [0.25, 0.3) is 0 Å². The molecular formula is C7H8N2O4PV+. The topological polar surface area (TPSA) is 74.8 Å². The Hall–Kier alpha value is -0.706. The van der Waals surface area contributed by atoms with E-state index in [9.17, 15) is 19.2 Å². The van der Waals surface area contributed by atoms with E-state index >= 15 is 0 Å². The van der Waals surface area contributed by atoms with Gasteiger partial charge in [0.1, 0.15) is 0 Å². The van der Waals surface area contributed by atoms with Gasteiger partial charge in [-0.2, -0.15) is 0 Å². The predicted octanol–water partition coefficient (Wildman–Crippen LogP) is 1.76. The molecule has 0 atom stereocenters. The third-order valence-corrected chi connectivity index (χ3v) is 5.88. The van der Waals surface area contributed by atoms with Gasteiger partial charge in [0.15, 0.2) is 0 Å². The van der Waals surface area contributed by atoms with Gasteiger partial charge in [0.05, 0.1) is 0 Å². The minimum absolute atomic E-state index is 0. The first-order valence-corrected chi connectivity index (χ1v) is 5.86. The largest absolute Gasteiger partial charge is 0.403 e. The maximum Gasteiger partial charge on any atom is 0.403 e. The van der Waals surface area contributed by atoms with Crippen LogP contribution in [0.25, 0.3) is 0 Å². The average Bonchev–Trinajstić information content (AvgIpc) is 2.18. The molecule has 0 aromatic rings. The van der Waals surface area contributed by atoms with E-state index in [1.165, 1.54) is 7.05 Å². The molecule has 0 bridgehead atoms. The summed E-state index contributed by atoms with van der Waals surface area (Å²) >= 11 is 0. The quantitative estimate of drug-likeness (QED) is 0.678. The first kappa shape index (κ1) is 12.4. The first-order chi connectivity index (χ1) is 6.49. The van der Waals surface area contributed by atoms with E-state index < -0.39 is 29.9 Å². The van der Waals surface area contributed by atoms with Crippen molar-refractivity contribution in [3.05, 3.63) is 0 Å². The van der Waals surface area contributed by atoms with E-state index in [-0.39, 0.29) is 25.1 Å².